The number of aromatic nitrogens is 1. The Morgan fingerprint density at radius 3 is 2.69 bits per heavy atom. The molecule has 1 heterocycles. The average Bonchev–Trinajstić information content (AvgIpc) is 2.56. The largest absolute Gasteiger partial charge is 0.491 e. The van der Waals surface area contributed by atoms with Gasteiger partial charge in [-0.15, -0.1) is 0 Å². The first-order chi connectivity index (χ1) is 7.60. The molecule has 16 heavy (non-hydrogen) atoms. The van der Waals surface area contributed by atoms with Gasteiger partial charge in [-0.3, -0.25) is 4.79 Å². The van der Waals surface area contributed by atoms with Gasteiger partial charge in [0, 0.05) is 30.3 Å². The second kappa shape index (κ2) is 3.59. The van der Waals surface area contributed by atoms with Crippen LogP contribution < -0.4 is 4.74 Å². The van der Waals surface area contributed by atoms with Crippen LogP contribution in [0.1, 0.15) is 10.4 Å². The van der Waals surface area contributed by atoms with Gasteiger partial charge in [-0.1, -0.05) is 0 Å². The van der Waals surface area contributed by atoms with Crippen LogP contribution in [0.3, 0.4) is 0 Å². The highest BCUT2D eigenvalue weighted by atomic mass is 19.1. The molecule has 3 nitrogen and oxygen atoms in total. The maximum absolute atomic E-state index is 13.9. The highest BCUT2D eigenvalue weighted by Gasteiger charge is 2.19. The van der Waals surface area contributed by atoms with Crippen molar-refractivity contribution in [1.29, 1.82) is 0 Å². The Labute approximate surface area is 90.2 Å². The fourth-order valence-electron chi connectivity index (χ4n) is 1.76. The number of carbonyl (C=O) groups is 1. The van der Waals surface area contributed by atoms with Crippen molar-refractivity contribution in [2.24, 2.45) is 7.05 Å². The zero-order valence-electron chi connectivity index (χ0n) is 8.75. The summed E-state index contributed by atoms with van der Waals surface area (Å²) in [7, 11) is 2.79. The van der Waals surface area contributed by atoms with Crippen molar-refractivity contribution in [3.63, 3.8) is 0 Å². The lowest BCUT2D eigenvalue weighted by Gasteiger charge is -2.05. The van der Waals surface area contributed by atoms with E-state index >= 15 is 0 Å². The summed E-state index contributed by atoms with van der Waals surface area (Å²) >= 11 is 0. The molecule has 0 fully saturated rings. The predicted molar refractivity (Wildman–Crippen MR) is 54.8 cm³/mol. The molecule has 0 amide bonds. The van der Waals surface area contributed by atoms with Crippen molar-refractivity contribution in [2.75, 3.05) is 7.11 Å². The lowest BCUT2D eigenvalue weighted by molar-refractivity contribution is 0.112. The van der Waals surface area contributed by atoms with E-state index in [4.69, 9.17) is 0 Å². The quantitative estimate of drug-likeness (QED) is 0.734. The van der Waals surface area contributed by atoms with Crippen LogP contribution in [0.15, 0.2) is 12.3 Å². The molecule has 0 bridgehead atoms. The fourth-order valence-corrected chi connectivity index (χ4v) is 1.76. The van der Waals surface area contributed by atoms with Crippen LogP contribution in [0.4, 0.5) is 8.78 Å². The van der Waals surface area contributed by atoms with E-state index in [9.17, 15) is 13.6 Å². The summed E-state index contributed by atoms with van der Waals surface area (Å²) in [6.07, 6.45) is 1.97. The van der Waals surface area contributed by atoms with Crippen molar-refractivity contribution < 1.29 is 18.3 Å². The third kappa shape index (κ3) is 1.28. The van der Waals surface area contributed by atoms with Gasteiger partial charge in [-0.25, -0.2) is 8.78 Å². The molecule has 1 aromatic carbocycles. The Hall–Kier alpha value is -1.91. The maximum Gasteiger partial charge on any atom is 0.191 e. The minimum atomic E-state index is -0.847. The number of halogens is 2. The molecule has 2 aromatic rings. The normalized spacial score (nSPS) is 10.8. The number of hydrogen-bond donors (Lipinski definition) is 0. The van der Waals surface area contributed by atoms with E-state index in [0.717, 1.165) is 6.07 Å². The van der Waals surface area contributed by atoms with Crippen LogP contribution in [-0.4, -0.2) is 18.0 Å². The molecule has 0 radical (unpaired) electrons. The highest BCUT2D eigenvalue weighted by Crippen LogP contribution is 2.31. The Balaban J connectivity index is 2.95. The van der Waals surface area contributed by atoms with Gasteiger partial charge in [0.2, 0.25) is 0 Å². The van der Waals surface area contributed by atoms with Gasteiger partial charge in [-0.05, 0) is 0 Å². The number of benzene rings is 1. The summed E-state index contributed by atoms with van der Waals surface area (Å²) in [5.74, 6) is -2.10. The van der Waals surface area contributed by atoms with Crippen molar-refractivity contribution in [3.8, 4) is 5.75 Å². The molecule has 0 unspecified atom stereocenters. The molecule has 84 valence electrons. The third-order valence-corrected chi connectivity index (χ3v) is 2.49. The summed E-state index contributed by atoms with van der Waals surface area (Å²) in [6.45, 7) is 0. The molecular weight excluding hydrogens is 216 g/mol. The molecule has 1 aromatic heterocycles. The summed E-state index contributed by atoms with van der Waals surface area (Å²) in [6, 6.07) is 1.14. The van der Waals surface area contributed by atoms with Gasteiger partial charge < -0.3 is 9.30 Å². The Morgan fingerprint density at radius 2 is 2.12 bits per heavy atom. The minimum Gasteiger partial charge on any atom is -0.491 e. The van der Waals surface area contributed by atoms with Crippen LogP contribution in [0.5, 0.6) is 5.75 Å². The molecule has 0 aliphatic carbocycles. The van der Waals surface area contributed by atoms with E-state index in [1.807, 2.05) is 0 Å². The van der Waals surface area contributed by atoms with Crippen molar-refractivity contribution in [3.05, 3.63) is 29.5 Å². The van der Waals surface area contributed by atoms with Crippen LogP contribution in [0.2, 0.25) is 0 Å². The van der Waals surface area contributed by atoms with Crippen LogP contribution in [0.25, 0.3) is 10.9 Å². The van der Waals surface area contributed by atoms with E-state index < -0.39 is 17.4 Å². The second-order valence-electron chi connectivity index (χ2n) is 3.41. The number of ether oxygens (including phenoxy) is 1. The van der Waals surface area contributed by atoms with Gasteiger partial charge in [0.1, 0.15) is 0 Å². The lowest BCUT2D eigenvalue weighted by Crippen LogP contribution is -1.95. The van der Waals surface area contributed by atoms with E-state index in [1.54, 1.807) is 7.05 Å². The number of aldehydes is 1. The Morgan fingerprint density at radius 1 is 1.44 bits per heavy atom. The van der Waals surface area contributed by atoms with Gasteiger partial charge in [0.25, 0.3) is 0 Å². The fraction of sp³-hybridized carbons (Fsp3) is 0.182. The molecule has 0 atom stereocenters. The van der Waals surface area contributed by atoms with Crippen LogP contribution in [0, 0.1) is 11.6 Å². The van der Waals surface area contributed by atoms with Gasteiger partial charge >= 0.3 is 0 Å². The van der Waals surface area contributed by atoms with E-state index in [0.29, 0.717) is 11.8 Å². The van der Waals surface area contributed by atoms with E-state index in [2.05, 4.69) is 4.74 Å². The SMILES string of the molecule is COc1c(F)cc2c(c(C=O)cn2C)c1F. The van der Waals surface area contributed by atoms with Crippen molar-refractivity contribution in [1.82, 2.24) is 4.57 Å². The molecule has 0 N–H and O–H groups in total. The zero-order chi connectivity index (χ0) is 11.9. The topological polar surface area (TPSA) is 31.2 Å². The van der Waals surface area contributed by atoms with Gasteiger partial charge in [0.05, 0.1) is 12.6 Å². The Kier molecular flexibility index (Phi) is 2.38. The zero-order valence-corrected chi connectivity index (χ0v) is 8.75. The highest BCUT2D eigenvalue weighted by molar-refractivity contribution is 5.98. The number of nitrogens with zero attached hydrogens (tertiary/aromatic N) is 1. The third-order valence-electron chi connectivity index (χ3n) is 2.49. The van der Waals surface area contributed by atoms with E-state index in [1.165, 1.54) is 17.9 Å². The van der Waals surface area contributed by atoms with Crippen LogP contribution >= 0.6 is 0 Å². The maximum atomic E-state index is 13.9. The minimum absolute atomic E-state index is 0.0794. The number of hydrogen-bond acceptors (Lipinski definition) is 2. The molecule has 0 spiro atoms. The second-order valence-corrected chi connectivity index (χ2v) is 3.41. The number of rotatable bonds is 2. The number of fused-ring (bicyclic) bond motifs is 1. The summed E-state index contributed by atoms with van der Waals surface area (Å²) in [5, 5.41) is 0.0794. The summed E-state index contributed by atoms with van der Waals surface area (Å²) < 4.78 is 33.4. The number of carbonyl (C=O) groups excluding carboxylic acids is 1. The monoisotopic (exact) mass is 225 g/mol. The predicted octanol–water partition coefficient (Wildman–Crippen LogP) is 2.28. The van der Waals surface area contributed by atoms with Crippen molar-refractivity contribution in [2.45, 2.75) is 0 Å². The first-order valence-electron chi connectivity index (χ1n) is 4.56. The number of methoxy groups -OCH3 is 1. The molecule has 0 aliphatic rings. The first-order valence-corrected chi connectivity index (χ1v) is 4.56. The van der Waals surface area contributed by atoms with E-state index in [-0.39, 0.29) is 10.9 Å². The average molecular weight is 225 g/mol. The van der Waals surface area contributed by atoms with Gasteiger partial charge in [-0.2, -0.15) is 0 Å². The summed E-state index contributed by atoms with van der Waals surface area (Å²) in [5.41, 5.74) is 0.492. The van der Waals surface area contributed by atoms with Gasteiger partial charge in [0.15, 0.2) is 23.7 Å². The van der Waals surface area contributed by atoms with Crippen LogP contribution in [-0.2, 0) is 7.05 Å². The molecular formula is C11H9F2NO2. The molecule has 0 aliphatic heterocycles. The molecule has 0 saturated heterocycles. The molecule has 2 rings (SSSR count). The number of aryl methyl sites for hydroxylation is 1. The smallest absolute Gasteiger partial charge is 0.191 e. The molecule has 5 heteroatoms. The van der Waals surface area contributed by atoms with Crippen molar-refractivity contribution >= 4 is 17.2 Å². The Bertz CT molecular complexity index is 575. The lowest BCUT2D eigenvalue weighted by atomic mass is 10.1. The first kappa shape index (κ1) is 10.6. The molecule has 0 saturated carbocycles. The standard InChI is InChI=1S/C11H9F2NO2/c1-14-4-6(5-15)9-8(14)3-7(12)11(16-2)10(9)13/h3-5H,1-2H3. The summed E-state index contributed by atoms with van der Waals surface area (Å²) in [4.78, 5) is 10.8.